The van der Waals surface area contributed by atoms with Crippen LogP contribution in [0.2, 0.25) is 0 Å². The molecule has 2 heterocycles. The van der Waals surface area contributed by atoms with Gasteiger partial charge in [0.25, 0.3) is 0 Å². The topological polar surface area (TPSA) is 51.8 Å². The lowest BCUT2D eigenvalue weighted by molar-refractivity contribution is 0.484. The Morgan fingerprint density at radius 3 is 2.76 bits per heavy atom. The number of nitrogens with two attached hydrogens (primary N) is 1. The predicted octanol–water partition coefficient (Wildman–Crippen LogP) is 2.90. The van der Waals surface area contributed by atoms with E-state index in [1.54, 1.807) is 11.3 Å². The highest BCUT2D eigenvalue weighted by atomic mass is 32.1. The maximum atomic E-state index is 5.80. The third-order valence-corrected chi connectivity index (χ3v) is 3.73. The average molecular weight is 247 g/mol. The zero-order valence-corrected chi connectivity index (χ0v) is 10.9. The van der Waals surface area contributed by atoms with E-state index in [1.807, 2.05) is 18.3 Å². The molecule has 17 heavy (non-hydrogen) atoms. The molecule has 0 aliphatic rings. The molecule has 2 aromatic heterocycles. The fraction of sp³-hybridized carbons (Fsp3) is 0.385. The first-order valence-electron chi connectivity index (χ1n) is 5.79. The monoisotopic (exact) mass is 247 g/mol. The van der Waals surface area contributed by atoms with E-state index in [0.29, 0.717) is 12.5 Å². The fourth-order valence-corrected chi connectivity index (χ4v) is 2.48. The Labute approximate surface area is 106 Å². The normalized spacial score (nSPS) is 12.9. The number of hydrogen-bond donors (Lipinski definition) is 1. The van der Waals surface area contributed by atoms with Crippen molar-refractivity contribution in [1.29, 1.82) is 0 Å². The van der Waals surface area contributed by atoms with Crippen molar-refractivity contribution in [1.82, 2.24) is 9.97 Å². The van der Waals surface area contributed by atoms with E-state index in [2.05, 4.69) is 35.3 Å². The third-order valence-electron chi connectivity index (χ3n) is 2.84. The SMILES string of the molecule is CC(C)C(CN)c1nccc(-c2cccs2)n1. The zero-order chi connectivity index (χ0) is 12.3. The lowest BCUT2D eigenvalue weighted by Gasteiger charge is -2.17. The number of aromatic nitrogens is 2. The molecule has 0 bridgehead atoms. The lowest BCUT2D eigenvalue weighted by Crippen LogP contribution is -2.20. The summed E-state index contributed by atoms with van der Waals surface area (Å²) < 4.78 is 0. The van der Waals surface area contributed by atoms with Crippen molar-refractivity contribution in [2.24, 2.45) is 11.7 Å². The highest BCUT2D eigenvalue weighted by Crippen LogP contribution is 2.25. The highest BCUT2D eigenvalue weighted by molar-refractivity contribution is 7.13. The Hall–Kier alpha value is -1.26. The Kier molecular flexibility index (Phi) is 3.86. The molecule has 1 atom stereocenters. The summed E-state index contributed by atoms with van der Waals surface area (Å²) >= 11 is 1.69. The van der Waals surface area contributed by atoms with E-state index in [0.717, 1.165) is 11.5 Å². The summed E-state index contributed by atoms with van der Waals surface area (Å²) in [7, 11) is 0. The van der Waals surface area contributed by atoms with Crippen LogP contribution in [0.3, 0.4) is 0 Å². The second-order valence-electron chi connectivity index (χ2n) is 4.36. The zero-order valence-electron chi connectivity index (χ0n) is 10.1. The van der Waals surface area contributed by atoms with E-state index in [-0.39, 0.29) is 5.92 Å². The summed E-state index contributed by atoms with van der Waals surface area (Å²) in [6, 6.07) is 6.05. The van der Waals surface area contributed by atoms with Gasteiger partial charge in [-0.15, -0.1) is 11.3 Å². The van der Waals surface area contributed by atoms with Crippen molar-refractivity contribution >= 4 is 11.3 Å². The van der Waals surface area contributed by atoms with Crippen LogP contribution in [0.25, 0.3) is 10.6 Å². The van der Waals surface area contributed by atoms with Crippen LogP contribution in [0.4, 0.5) is 0 Å². The third kappa shape index (κ3) is 2.70. The van der Waals surface area contributed by atoms with Gasteiger partial charge in [0.2, 0.25) is 0 Å². The second-order valence-corrected chi connectivity index (χ2v) is 5.31. The highest BCUT2D eigenvalue weighted by Gasteiger charge is 2.17. The molecule has 2 N–H and O–H groups in total. The van der Waals surface area contributed by atoms with Crippen molar-refractivity contribution in [2.75, 3.05) is 6.54 Å². The molecule has 0 spiro atoms. The van der Waals surface area contributed by atoms with Gasteiger partial charge in [0, 0.05) is 18.7 Å². The van der Waals surface area contributed by atoms with Crippen LogP contribution in [0.5, 0.6) is 0 Å². The molecule has 0 aliphatic heterocycles. The van der Waals surface area contributed by atoms with E-state index in [9.17, 15) is 0 Å². The van der Waals surface area contributed by atoms with Crippen molar-refractivity contribution in [2.45, 2.75) is 19.8 Å². The summed E-state index contributed by atoms with van der Waals surface area (Å²) in [6.07, 6.45) is 1.82. The molecule has 0 fully saturated rings. The molecular weight excluding hydrogens is 230 g/mol. The molecule has 0 amide bonds. The minimum absolute atomic E-state index is 0.231. The van der Waals surface area contributed by atoms with Crippen LogP contribution in [-0.4, -0.2) is 16.5 Å². The smallest absolute Gasteiger partial charge is 0.133 e. The van der Waals surface area contributed by atoms with E-state index in [1.165, 1.54) is 4.88 Å². The molecule has 3 nitrogen and oxygen atoms in total. The van der Waals surface area contributed by atoms with Crippen LogP contribution < -0.4 is 5.73 Å². The minimum Gasteiger partial charge on any atom is -0.330 e. The van der Waals surface area contributed by atoms with Gasteiger partial charge in [0.15, 0.2) is 0 Å². The summed E-state index contributed by atoms with van der Waals surface area (Å²) in [5.74, 6) is 1.54. The largest absolute Gasteiger partial charge is 0.330 e. The number of nitrogens with zero attached hydrogens (tertiary/aromatic N) is 2. The van der Waals surface area contributed by atoms with Crippen LogP contribution in [0.1, 0.15) is 25.6 Å². The van der Waals surface area contributed by atoms with Gasteiger partial charge in [0.1, 0.15) is 5.82 Å². The molecule has 4 heteroatoms. The molecule has 2 aromatic rings. The van der Waals surface area contributed by atoms with Crippen molar-refractivity contribution in [3.63, 3.8) is 0 Å². The van der Waals surface area contributed by atoms with Crippen molar-refractivity contribution in [3.8, 4) is 10.6 Å². The summed E-state index contributed by atoms with van der Waals surface area (Å²) in [4.78, 5) is 10.2. The first-order valence-corrected chi connectivity index (χ1v) is 6.67. The average Bonchev–Trinajstić information content (AvgIpc) is 2.83. The molecule has 0 radical (unpaired) electrons. The van der Waals surface area contributed by atoms with Crippen LogP contribution >= 0.6 is 11.3 Å². The summed E-state index contributed by atoms with van der Waals surface area (Å²) in [6.45, 7) is 4.89. The Morgan fingerprint density at radius 1 is 1.35 bits per heavy atom. The Morgan fingerprint density at radius 2 is 2.18 bits per heavy atom. The van der Waals surface area contributed by atoms with Gasteiger partial charge in [-0.1, -0.05) is 19.9 Å². The second kappa shape index (κ2) is 5.38. The lowest BCUT2D eigenvalue weighted by atomic mass is 9.95. The van der Waals surface area contributed by atoms with Crippen LogP contribution in [0, 0.1) is 5.92 Å². The van der Waals surface area contributed by atoms with Crippen LogP contribution in [-0.2, 0) is 0 Å². The predicted molar refractivity (Wildman–Crippen MR) is 72.0 cm³/mol. The molecule has 0 aliphatic carbocycles. The van der Waals surface area contributed by atoms with Crippen molar-refractivity contribution < 1.29 is 0 Å². The quantitative estimate of drug-likeness (QED) is 0.903. The van der Waals surface area contributed by atoms with E-state index in [4.69, 9.17) is 5.73 Å². The van der Waals surface area contributed by atoms with Gasteiger partial charge in [-0.2, -0.15) is 0 Å². The molecule has 0 saturated heterocycles. The van der Waals surface area contributed by atoms with Gasteiger partial charge in [0.05, 0.1) is 10.6 Å². The van der Waals surface area contributed by atoms with Gasteiger partial charge in [-0.3, -0.25) is 0 Å². The van der Waals surface area contributed by atoms with Crippen LogP contribution in [0.15, 0.2) is 29.8 Å². The minimum atomic E-state index is 0.231. The molecule has 2 rings (SSSR count). The Balaban J connectivity index is 2.34. The summed E-state index contributed by atoms with van der Waals surface area (Å²) in [5.41, 5.74) is 6.79. The van der Waals surface area contributed by atoms with Gasteiger partial charge >= 0.3 is 0 Å². The van der Waals surface area contributed by atoms with Gasteiger partial charge < -0.3 is 5.73 Å². The van der Waals surface area contributed by atoms with Gasteiger partial charge in [-0.05, 0) is 23.4 Å². The first-order chi connectivity index (χ1) is 8.22. The maximum Gasteiger partial charge on any atom is 0.133 e. The van der Waals surface area contributed by atoms with Crippen molar-refractivity contribution in [3.05, 3.63) is 35.6 Å². The summed E-state index contributed by atoms with van der Waals surface area (Å²) in [5, 5.41) is 2.06. The molecule has 0 saturated carbocycles. The molecule has 90 valence electrons. The maximum absolute atomic E-state index is 5.80. The Bertz CT molecular complexity index is 465. The number of hydrogen-bond acceptors (Lipinski definition) is 4. The van der Waals surface area contributed by atoms with Gasteiger partial charge in [-0.25, -0.2) is 9.97 Å². The number of thiophene rings is 1. The standard InChI is InChI=1S/C13H17N3S/c1-9(2)10(8-14)13-15-6-5-11(16-13)12-4-3-7-17-12/h3-7,9-10H,8,14H2,1-2H3. The molecule has 1 unspecified atom stereocenters. The molecule has 0 aromatic carbocycles. The first kappa shape index (κ1) is 12.2. The van der Waals surface area contributed by atoms with E-state index >= 15 is 0 Å². The fourth-order valence-electron chi connectivity index (χ4n) is 1.79. The molecular formula is C13H17N3S. The van der Waals surface area contributed by atoms with E-state index < -0.39 is 0 Å². The number of rotatable bonds is 4.